The highest BCUT2D eigenvalue weighted by atomic mass is 16.5. The van der Waals surface area contributed by atoms with Crippen LogP contribution in [0.3, 0.4) is 0 Å². The van der Waals surface area contributed by atoms with Crippen molar-refractivity contribution in [1.29, 1.82) is 0 Å². The van der Waals surface area contributed by atoms with E-state index in [1.807, 2.05) is 20.8 Å². The number of fused-ring (bicyclic) bond motifs is 1. The SMILES string of the molecule is COC(=O)CC(C)=NC1=CC(=O)c2c(c(C)c(C(C)C)n2C)C1=O. The normalized spacial score (nSPS) is 14.8. The number of aromatic nitrogens is 1. The van der Waals surface area contributed by atoms with E-state index in [-0.39, 0.29) is 29.6 Å². The van der Waals surface area contributed by atoms with Crippen molar-refractivity contribution in [1.82, 2.24) is 4.57 Å². The molecule has 0 aliphatic heterocycles. The molecule has 2 rings (SSSR count). The number of esters is 1. The number of Topliss-reactive ketones (excluding diaryl/α,β-unsaturated/α-hetero) is 1. The number of rotatable bonds is 4. The van der Waals surface area contributed by atoms with Gasteiger partial charge in [0.15, 0.2) is 0 Å². The van der Waals surface area contributed by atoms with Crippen LogP contribution in [-0.2, 0) is 16.6 Å². The summed E-state index contributed by atoms with van der Waals surface area (Å²) in [7, 11) is 3.09. The van der Waals surface area contributed by atoms with Gasteiger partial charge in [-0.2, -0.15) is 0 Å². The van der Waals surface area contributed by atoms with Gasteiger partial charge in [0.25, 0.3) is 0 Å². The lowest BCUT2D eigenvalue weighted by Crippen LogP contribution is -2.19. The second kappa shape index (κ2) is 6.55. The second-order valence-corrected chi connectivity index (χ2v) is 6.27. The molecule has 0 bridgehead atoms. The van der Waals surface area contributed by atoms with Gasteiger partial charge in [0.1, 0.15) is 11.4 Å². The van der Waals surface area contributed by atoms with E-state index in [0.29, 0.717) is 17.0 Å². The summed E-state index contributed by atoms with van der Waals surface area (Å²) in [6.07, 6.45) is 1.22. The van der Waals surface area contributed by atoms with Gasteiger partial charge in [-0.25, -0.2) is 0 Å². The lowest BCUT2D eigenvalue weighted by Gasteiger charge is -2.12. The van der Waals surface area contributed by atoms with Crippen LogP contribution in [0.4, 0.5) is 0 Å². The van der Waals surface area contributed by atoms with Crippen LogP contribution in [-0.4, -0.2) is 34.9 Å². The maximum atomic E-state index is 12.8. The Labute approximate surface area is 141 Å². The highest BCUT2D eigenvalue weighted by molar-refractivity contribution is 6.25. The second-order valence-electron chi connectivity index (χ2n) is 6.27. The first kappa shape index (κ1) is 17.8. The third kappa shape index (κ3) is 2.96. The lowest BCUT2D eigenvalue weighted by atomic mass is 9.94. The van der Waals surface area contributed by atoms with Gasteiger partial charge < -0.3 is 9.30 Å². The van der Waals surface area contributed by atoms with Crippen molar-refractivity contribution in [2.45, 2.75) is 40.0 Å². The molecule has 6 nitrogen and oxygen atoms in total. The Morgan fingerprint density at radius 3 is 2.50 bits per heavy atom. The average molecular weight is 330 g/mol. The molecule has 0 atom stereocenters. The van der Waals surface area contributed by atoms with Crippen molar-refractivity contribution in [3.8, 4) is 0 Å². The van der Waals surface area contributed by atoms with Crippen LogP contribution >= 0.6 is 0 Å². The molecule has 1 aliphatic rings. The molecule has 0 unspecified atom stereocenters. The molecular weight excluding hydrogens is 308 g/mol. The van der Waals surface area contributed by atoms with E-state index in [1.54, 1.807) is 18.5 Å². The zero-order valence-corrected chi connectivity index (χ0v) is 14.9. The Morgan fingerprint density at radius 2 is 1.96 bits per heavy atom. The van der Waals surface area contributed by atoms with Gasteiger partial charge >= 0.3 is 5.97 Å². The summed E-state index contributed by atoms with van der Waals surface area (Å²) in [6, 6.07) is 0. The van der Waals surface area contributed by atoms with E-state index in [2.05, 4.69) is 9.73 Å². The van der Waals surface area contributed by atoms with Crippen LogP contribution in [0.1, 0.15) is 65.2 Å². The first-order chi connectivity index (χ1) is 11.2. The van der Waals surface area contributed by atoms with Gasteiger partial charge in [0, 0.05) is 24.5 Å². The van der Waals surface area contributed by atoms with E-state index >= 15 is 0 Å². The molecule has 128 valence electrons. The minimum atomic E-state index is -0.440. The highest BCUT2D eigenvalue weighted by Gasteiger charge is 2.33. The van der Waals surface area contributed by atoms with Crippen LogP contribution in [0.25, 0.3) is 0 Å². The Kier molecular flexibility index (Phi) is 4.87. The van der Waals surface area contributed by atoms with E-state index < -0.39 is 5.97 Å². The number of nitrogens with zero attached hydrogens (tertiary/aromatic N) is 2. The molecule has 0 fully saturated rings. The number of hydrogen-bond acceptors (Lipinski definition) is 5. The van der Waals surface area contributed by atoms with Gasteiger partial charge in [0.2, 0.25) is 11.6 Å². The predicted molar refractivity (Wildman–Crippen MR) is 90.7 cm³/mol. The van der Waals surface area contributed by atoms with E-state index in [4.69, 9.17) is 0 Å². The monoisotopic (exact) mass is 330 g/mol. The average Bonchev–Trinajstić information content (AvgIpc) is 2.76. The molecule has 0 amide bonds. The van der Waals surface area contributed by atoms with Crippen LogP contribution < -0.4 is 0 Å². The largest absolute Gasteiger partial charge is 0.469 e. The number of carbonyl (C=O) groups excluding carboxylic acids is 3. The summed E-state index contributed by atoms with van der Waals surface area (Å²) in [5, 5.41) is 0. The molecule has 0 saturated heterocycles. The van der Waals surface area contributed by atoms with Crippen molar-refractivity contribution >= 4 is 23.2 Å². The summed E-state index contributed by atoms with van der Waals surface area (Å²) in [4.78, 5) is 40.8. The number of aliphatic imine (C=N–C) groups is 1. The van der Waals surface area contributed by atoms with Crippen molar-refractivity contribution in [2.75, 3.05) is 7.11 Å². The van der Waals surface area contributed by atoms with Crippen LogP contribution in [0.5, 0.6) is 0 Å². The molecular formula is C18H22N2O4. The smallest absolute Gasteiger partial charge is 0.311 e. The fraction of sp³-hybridized carbons (Fsp3) is 0.444. The lowest BCUT2D eigenvalue weighted by molar-refractivity contribution is -0.139. The molecule has 0 saturated carbocycles. The van der Waals surface area contributed by atoms with Gasteiger partial charge in [-0.05, 0) is 25.3 Å². The Bertz CT molecular complexity index is 794. The van der Waals surface area contributed by atoms with Crippen molar-refractivity contribution in [2.24, 2.45) is 12.0 Å². The summed E-state index contributed by atoms with van der Waals surface area (Å²) < 4.78 is 6.38. The Balaban J connectivity index is 2.49. The molecule has 0 N–H and O–H groups in total. The van der Waals surface area contributed by atoms with Crippen LogP contribution in [0.2, 0.25) is 0 Å². The molecule has 0 radical (unpaired) electrons. The first-order valence-electron chi connectivity index (χ1n) is 7.79. The molecule has 1 aromatic heterocycles. The quantitative estimate of drug-likeness (QED) is 0.628. The van der Waals surface area contributed by atoms with Gasteiger partial charge in [-0.1, -0.05) is 13.8 Å². The third-order valence-corrected chi connectivity index (χ3v) is 4.14. The summed E-state index contributed by atoms with van der Waals surface area (Å²) in [5.74, 6) is -0.778. The third-order valence-electron chi connectivity index (χ3n) is 4.14. The fourth-order valence-corrected chi connectivity index (χ4v) is 3.23. The van der Waals surface area contributed by atoms with Crippen molar-refractivity contribution < 1.29 is 19.1 Å². The maximum Gasteiger partial charge on any atom is 0.311 e. The maximum absolute atomic E-state index is 12.8. The molecule has 1 heterocycles. The molecule has 0 spiro atoms. The molecule has 24 heavy (non-hydrogen) atoms. The minimum Gasteiger partial charge on any atom is -0.469 e. The first-order valence-corrected chi connectivity index (χ1v) is 7.79. The van der Waals surface area contributed by atoms with E-state index in [0.717, 1.165) is 11.3 Å². The molecule has 1 aromatic rings. The number of hydrogen-bond donors (Lipinski definition) is 0. The number of ether oxygens (including phenoxy) is 1. The van der Waals surface area contributed by atoms with Crippen molar-refractivity contribution in [3.05, 3.63) is 34.3 Å². The Hall–Kier alpha value is -2.50. The zero-order chi connectivity index (χ0) is 18.2. The summed E-state index contributed by atoms with van der Waals surface area (Å²) in [6.45, 7) is 7.53. The molecule has 6 heteroatoms. The van der Waals surface area contributed by atoms with E-state index in [9.17, 15) is 14.4 Å². The van der Waals surface area contributed by atoms with Gasteiger partial charge in [-0.15, -0.1) is 0 Å². The number of allylic oxidation sites excluding steroid dienone is 2. The summed E-state index contributed by atoms with van der Waals surface area (Å²) >= 11 is 0. The van der Waals surface area contributed by atoms with Gasteiger partial charge in [0.05, 0.1) is 19.1 Å². The number of carbonyl (C=O) groups is 3. The zero-order valence-electron chi connectivity index (χ0n) is 14.9. The standard InChI is InChI=1S/C18H22N2O4/c1-9(2)16-11(4)15-17(20(16)5)13(21)8-12(18(15)23)19-10(3)7-14(22)24-6/h8-9H,7H2,1-6H3. The van der Waals surface area contributed by atoms with Crippen LogP contribution in [0, 0.1) is 6.92 Å². The summed E-state index contributed by atoms with van der Waals surface area (Å²) in [5.41, 5.74) is 3.09. The van der Waals surface area contributed by atoms with Gasteiger partial charge in [-0.3, -0.25) is 19.4 Å². The van der Waals surface area contributed by atoms with Crippen LogP contribution in [0.15, 0.2) is 16.8 Å². The molecule has 0 aromatic carbocycles. The minimum absolute atomic E-state index is 0.0207. The fourth-order valence-electron chi connectivity index (χ4n) is 3.23. The van der Waals surface area contributed by atoms with Crippen molar-refractivity contribution in [3.63, 3.8) is 0 Å². The Morgan fingerprint density at radius 1 is 1.33 bits per heavy atom. The number of methoxy groups -OCH3 is 1. The number of ketones is 2. The predicted octanol–water partition coefficient (Wildman–Crippen LogP) is 2.74. The molecule has 1 aliphatic carbocycles. The highest BCUT2D eigenvalue weighted by Crippen LogP contribution is 2.32. The topological polar surface area (TPSA) is 77.7 Å². The van der Waals surface area contributed by atoms with E-state index in [1.165, 1.54) is 13.2 Å².